The molecule has 3 rings (SSSR count). The van der Waals surface area contributed by atoms with Crippen LogP contribution in [0.1, 0.15) is 26.7 Å². The van der Waals surface area contributed by atoms with Crippen molar-refractivity contribution in [3.8, 4) is 0 Å². The van der Waals surface area contributed by atoms with Crippen LogP contribution in [0.15, 0.2) is 54.6 Å². The van der Waals surface area contributed by atoms with Crippen LogP contribution in [0.2, 0.25) is 0 Å². The molecule has 0 aliphatic rings. The van der Waals surface area contributed by atoms with Crippen LogP contribution in [0.4, 0.5) is 0 Å². The third kappa shape index (κ3) is 1.86. The number of fused-ring (bicyclic) bond motifs is 3. The number of benzene rings is 2. The first-order valence-electron chi connectivity index (χ1n) is 7.04. The van der Waals surface area contributed by atoms with Crippen LogP contribution in [-0.2, 0) is 0 Å². The van der Waals surface area contributed by atoms with Crippen molar-refractivity contribution in [1.29, 1.82) is 0 Å². The SMILES string of the molecule is CC/C=C(/CC)n1c2ccccc2c2ccccc21. The Labute approximate surface area is 114 Å². The molecule has 1 aromatic heterocycles. The molecule has 0 aliphatic heterocycles. The van der Waals surface area contributed by atoms with Gasteiger partial charge in [-0.15, -0.1) is 0 Å². The van der Waals surface area contributed by atoms with Crippen molar-refractivity contribution >= 4 is 27.5 Å². The number of aromatic nitrogens is 1. The van der Waals surface area contributed by atoms with Crippen molar-refractivity contribution in [2.75, 3.05) is 0 Å². The summed E-state index contributed by atoms with van der Waals surface area (Å²) >= 11 is 0. The first kappa shape index (κ1) is 12.0. The second kappa shape index (κ2) is 4.93. The molecule has 0 unspecified atom stereocenters. The van der Waals surface area contributed by atoms with Crippen molar-refractivity contribution in [3.05, 3.63) is 54.6 Å². The van der Waals surface area contributed by atoms with Crippen LogP contribution in [-0.4, -0.2) is 4.57 Å². The minimum atomic E-state index is 1.05. The lowest BCUT2D eigenvalue weighted by Gasteiger charge is -2.10. The Hall–Kier alpha value is -2.02. The van der Waals surface area contributed by atoms with E-state index in [0.29, 0.717) is 0 Å². The number of hydrogen-bond donors (Lipinski definition) is 0. The van der Waals surface area contributed by atoms with Gasteiger partial charge in [0.1, 0.15) is 0 Å². The Morgan fingerprint density at radius 1 is 0.895 bits per heavy atom. The van der Waals surface area contributed by atoms with E-state index < -0.39 is 0 Å². The Bertz CT molecular complexity index is 693. The first-order valence-corrected chi connectivity index (χ1v) is 7.04. The van der Waals surface area contributed by atoms with Crippen LogP contribution in [0.3, 0.4) is 0 Å². The second-order valence-corrected chi connectivity index (χ2v) is 4.83. The molecular formula is C18H19N. The third-order valence-electron chi connectivity index (χ3n) is 3.67. The van der Waals surface area contributed by atoms with E-state index in [-0.39, 0.29) is 0 Å². The van der Waals surface area contributed by atoms with Crippen LogP contribution < -0.4 is 0 Å². The maximum absolute atomic E-state index is 2.41. The molecular weight excluding hydrogens is 230 g/mol. The molecule has 0 aliphatic carbocycles. The van der Waals surface area contributed by atoms with Gasteiger partial charge in [0, 0.05) is 16.5 Å². The molecule has 0 radical (unpaired) electrons. The van der Waals surface area contributed by atoms with Crippen molar-refractivity contribution < 1.29 is 0 Å². The van der Waals surface area contributed by atoms with Gasteiger partial charge >= 0.3 is 0 Å². The number of para-hydroxylation sites is 2. The summed E-state index contributed by atoms with van der Waals surface area (Å²) in [7, 11) is 0. The highest BCUT2D eigenvalue weighted by molar-refractivity contribution is 6.09. The number of rotatable bonds is 3. The van der Waals surface area contributed by atoms with Crippen LogP contribution in [0.5, 0.6) is 0 Å². The molecule has 19 heavy (non-hydrogen) atoms. The molecule has 0 fully saturated rings. The van der Waals surface area contributed by atoms with Crippen molar-refractivity contribution in [2.24, 2.45) is 0 Å². The molecule has 1 heterocycles. The molecule has 0 saturated heterocycles. The van der Waals surface area contributed by atoms with Gasteiger partial charge in [0.15, 0.2) is 0 Å². The van der Waals surface area contributed by atoms with E-state index in [4.69, 9.17) is 0 Å². The number of nitrogens with zero attached hydrogens (tertiary/aromatic N) is 1. The van der Waals surface area contributed by atoms with Gasteiger partial charge in [0.2, 0.25) is 0 Å². The Kier molecular flexibility index (Phi) is 3.12. The molecule has 0 N–H and O–H groups in total. The maximum atomic E-state index is 2.41. The van der Waals surface area contributed by atoms with E-state index in [1.54, 1.807) is 0 Å². The molecule has 1 heteroatoms. The van der Waals surface area contributed by atoms with Crippen molar-refractivity contribution in [3.63, 3.8) is 0 Å². The molecule has 0 bridgehead atoms. The normalized spacial score (nSPS) is 12.4. The fourth-order valence-corrected chi connectivity index (χ4v) is 2.86. The number of hydrogen-bond acceptors (Lipinski definition) is 0. The van der Waals surface area contributed by atoms with Gasteiger partial charge in [-0.05, 0) is 25.0 Å². The van der Waals surface area contributed by atoms with Gasteiger partial charge in [-0.2, -0.15) is 0 Å². The summed E-state index contributed by atoms with van der Waals surface area (Å²) in [5, 5.41) is 2.68. The van der Waals surface area contributed by atoms with Crippen molar-refractivity contribution in [2.45, 2.75) is 26.7 Å². The largest absolute Gasteiger partial charge is 0.313 e. The van der Waals surface area contributed by atoms with E-state index >= 15 is 0 Å². The van der Waals surface area contributed by atoms with Gasteiger partial charge < -0.3 is 4.57 Å². The zero-order chi connectivity index (χ0) is 13.2. The van der Waals surface area contributed by atoms with Gasteiger partial charge in [-0.25, -0.2) is 0 Å². The second-order valence-electron chi connectivity index (χ2n) is 4.83. The summed E-state index contributed by atoms with van der Waals surface area (Å²) in [6.07, 6.45) is 4.46. The highest BCUT2D eigenvalue weighted by Crippen LogP contribution is 2.32. The monoisotopic (exact) mass is 249 g/mol. The minimum Gasteiger partial charge on any atom is -0.313 e. The lowest BCUT2D eigenvalue weighted by molar-refractivity contribution is 1.05. The van der Waals surface area contributed by atoms with E-state index in [9.17, 15) is 0 Å². The predicted molar refractivity (Wildman–Crippen MR) is 84.3 cm³/mol. The summed E-state index contributed by atoms with van der Waals surface area (Å²) in [6.45, 7) is 4.43. The van der Waals surface area contributed by atoms with Gasteiger partial charge in [0.25, 0.3) is 0 Å². The lowest BCUT2D eigenvalue weighted by atomic mass is 10.2. The molecule has 3 aromatic rings. The average molecular weight is 249 g/mol. The fraction of sp³-hybridized carbons (Fsp3) is 0.222. The smallest absolute Gasteiger partial charge is 0.0537 e. The molecule has 0 spiro atoms. The quantitative estimate of drug-likeness (QED) is 0.581. The average Bonchev–Trinajstić information content (AvgIpc) is 2.80. The maximum Gasteiger partial charge on any atom is 0.0537 e. The Morgan fingerprint density at radius 3 is 1.89 bits per heavy atom. The molecule has 0 saturated carbocycles. The molecule has 2 aromatic carbocycles. The summed E-state index contributed by atoms with van der Waals surface area (Å²) < 4.78 is 2.41. The highest BCUT2D eigenvalue weighted by atomic mass is 15.0. The fourth-order valence-electron chi connectivity index (χ4n) is 2.86. The van der Waals surface area contributed by atoms with E-state index in [0.717, 1.165) is 12.8 Å². The molecule has 1 nitrogen and oxygen atoms in total. The summed E-state index contributed by atoms with van der Waals surface area (Å²) in [6, 6.07) is 17.3. The molecule has 0 amide bonds. The van der Waals surface area contributed by atoms with Crippen molar-refractivity contribution in [1.82, 2.24) is 4.57 Å². The third-order valence-corrected chi connectivity index (χ3v) is 3.67. The zero-order valence-electron chi connectivity index (χ0n) is 11.6. The van der Waals surface area contributed by atoms with E-state index in [1.807, 2.05) is 0 Å². The highest BCUT2D eigenvalue weighted by Gasteiger charge is 2.11. The Morgan fingerprint density at radius 2 is 1.42 bits per heavy atom. The van der Waals surface area contributed by atoms with Crippen LogP contribution in [0.25, 0.3) is 27.5 Å². The Balaban J connectivity index is 2.46. The van der Waals surface area contributed by atoms with Gasteiger partial charge in [-0.1, -0.05) is 56.3 Å². The van der Waals surface area contributed by atoms with Crippen LogP contribution in [0, 0.1) is 0 Å². The molecule has 96 valence electrons. The summed E-state index contributed by atoms with van der Waals surface area (Å²) in [5.41, 5.74) is 4.01. The van der Waals surface area contributed by atoms with E-state index in [1.165, 1.54) is 27.5 Å². The summed E-state index contributed by atoms with van der Waals surface area (Å²) in [4.78, 5) is 0. The minimum absolute atomic E-state index is 1.05. The zero-order valence-corrected chi connectivity index (χ0v) is 11.6. The first-order chi connectivity index (χ1) is 9.36. The summed E-state index contributed by atoms with van der Waals surface area (Å²) in [5.74, 6) is 0. The molecule has 0 atom stereocenters. The number of allylic oxidation sites excluding steroid dienone is 2. The topological polar surface area (TPSA) is 4.93 Å². The van der Waals surface area contributed by atoms with Crippen LogP contribution >= 0.6 is 0 Å². The lowest BCUT2D eigenvalue weighted by Crippen LogP contribution is -1.95. The predicted octanol–water partition coefficient (Wildman–Crippen LogP) is 5.46. The van der Waals surface area contributed by atoms with E-state index in [2.05, 4.69) is 73.0 Å². The van der Waals surface area contributed by atoms with Gasteiger partial charge in [-0.3, -0.25) is 0 Å². The van der Waals surface area contributed by atoms with Gasteiger partial charge in [0.05, 0.1) is 11.0 Å². The standard InChI is InChI=1S/C18H19N/c1-3-9-14(4-2)19-17-12-7-5-10-15(17)16-11-6-8-13-18(16)19/h5-13H,3-4H2,1-2H3/b14-9-.